The van der Waals surface area contributed by atoms with Gasteiger partial charge in [0, 0.05) is 29.5 Å². The zero-order valence-corrected chi connectivity index (χ0v) is 15.2. The first-order valence-corrected chi connectivity index (χ1v) is 9.61. The number of rotatable bonds is 0. The molecule has 0 amide bonds. The van der Waals surface area contributed by atoms with Gasteiger partial charge in [-0.1, -0.05) is 11.6 Å². The molecule has 0 aliphatic carbocycles. The molecule has 4 rings (SSSR count). The largest absolute Gasteiger partial charge is 0.342 e. The van der Waals surface area contributed by atoms with Crippen LogP contribution in [0, 0.1) is 6.92 Å². The molecule has 0 unspecified atom stereocenters. The van der Waals surface area contributed by atoms with Crippen LogP contribution in [0.25, 0.3) is 22.3 Å². The van der Waals surface area contributed by atoms with E-state index in [-0.39, 0.29) is 0 Å². The van der Waals surface area contributed by atoms with Crippen LogP contribution in [0.4, 0.5) is 0 Å². The zero-order valence-electron chi connectivity index (χ0n) is 13.6. The first-order valence-electron chi connectivity index (χ1n) is 7.38. The Labute approximate surface area is 145 Å². The van der Waals surface area contributed by atoms with Crippen molar-refractivity contribution in [2.75, 3.05) is 6.26 Å². The summed E-state index contributed by atoms with van der Waals surface area (Å²) in [4.78, 5) is 4.45. The molecule has 1 aromatic carbocycles. The highest BCUT2D eigenvalue weighted by atomic mass is 35.5. The van der Waals surface area contributed by atoms with Crippen molar-refractivity contribution in [3.05, 3.63) is 40.8 Å². The van der Waals surface area contributed by atoms with E-state index in [4.69, 9.17) is 16.2 Å². The lowest BCUT2D eigenvalue weighted by Gasteiger charge is -2.18. The molecule has 0 radical (unpaired) electrons. The van der Waals surface area contributed by atoms with Gasteiger partial charge < -0.3 is 9.13 Å². The molecule has 24 heavy (non-hydrogen) atoms. The molecule has 128 valence electrons. The van der Waals surface area contributed by atoms with Crippen molar-refractivity contribution in [3.8, 4) is 11.4 Å². The van der Waals surface area contributed by atoms with Crippen LogP contribution in [-0.2, 0) is 30.1 Å². The maximum Gasteiger partial charge on any atom is 0.261 e. The van der Waals surface area contributed by atoms with Crippen molar-refractivity contribution in [2.45, 2.75) is 19.9 Å². The third-order valence-electron chi connectivity index (χ3n) is 4.15. The summed E-state index contributed by atoms with van der Waals surface area (Å²) in [5.74, 6) is 1.09. The van der Waals surface area contributed by atoms with E-state index in [2.05, 4.69) is 40.2 Å². The van der Waals surface area contributed by atoms with Crippen molar-refractivity contribution in [1.82, 2.24) is 14.1 Å². The molecule has 0 saturated heterocycles. The third-order valence-corrected chi connectivity index (χ3v) is 4.38. The van der Waals surface area contributed by atoms with Gasteiger partial charge >= 0.3 is 0 Å². The molecular weight excluding hydrogens is 350 g/mol. The normalized spacial score (nSPS) is 13.2. The van der Waals surface area contributed by atoms with E-state index in [9.17, 15) is 8.42 Å². The smallest absolute Gasteiger partial charge is 0.261 e. The average molecular weight is 368 g/mol. The van der Waals surface area contributed by atoms with E-state index >= 15 is 0 Å². The molecule has 6 nitrogen and oxygen atoms in total. The van der Waals surface area contributed by atoms with E-state index in [1.165, 1.54) is 27.9 Å². The number of fused-ring (bicyclic) bond motifs is 5. The minimum absolute atomic E-state index is 0.715. The van der Waals surface area contributed by atoms with Gasteiger partial charge in [0.2, 0.25) is 0 Å². The van der Waals surface area contributed by atoms with Gasteiger partial charge in [-0.3, -0.25) is 4.55 Å². The highest BCUT2D eigenvalue weighted by Gasteiger charge is 2.24. The summed E-state index contributed by atoms with van der Waals surface area (Å²) in [7, 11) is -1.55. The summed E-state index contributed by atoms with van der Waals surface area (Å²) >= 11 is 6.15. The number of aromatic nitrogens is 3. The molecule has 1 N–H and O–H groups in total. The summed E-state index contributed by atoms with van der Waals surface area (Å²) in [5.41, 5.74) is 5.13. The standard InChI is InChI=1S/C15H14ClN3.CH4O3S/c1-9-17-8-14-15-11(5-6-19(9)14)12-7-10(16)3-4-13(12)18(15)2;1-5(2,3)4/h3-4,7-8H,5-6H2,1-2H3;1H3,(H,2,3,4). The second kappa shape index (κ2) is 5.91. The highest BCUT2D eigenvalue weighted by molar-refractivity contribution is 7.85. The molecule has 3 aromatic rings. The van der Waals surface area contributed by atoms with Crippen LogP contribution in [0.2, 0.25) is 5.02 Å². The molecule has 0 spiro atoms. The Bertz CT molecular complexity index is 1030. The molecule has 2 aromatic heterocycles. The highest BCUT2D eigenvalue weighted by Crippen LogP contribution is 2.38. The summed E-state index contributed by atoms with van der Waals surface area (Å²) in [6.07, 6.45) is 3.73. The second-order valence-corrected chi connectivity index (χ2v) is 7.78. The first kappa shape index (κ1) is 17.0. The van der Waals surface area contributed by atoms with E-state index in [1.54, 1.807) is 0 Å². The van der Waals surface area contributed by atoms with Gasteiger partial charge in [0.25, 0.3) is 10.1 Å². The van der Waals surface area contributed by atoms with Gasteiger partial charge in [-0.25, -0.2) is 4.98 Å². The molecular formula is C16H18ClN3O3S. The Morgan fingerprint density at radius 3 is 2.67 bits per heavy atom. The molecule has 0 fully saturated rings. The Kier molecular flexibility index (Phi) is 4.19. The first-order chi connectivity index (χ1) is 11.2. The summed E-state index contributed by atoms with van der Waals surface area (Å²) in [6.45, 7) is 3.06. The van der Waals surface area contributed by atoms with Gasteiger partial charge in [-0.2, -0.15) is 8.42 Å². The van der Waals surface area contributed by atoms with Crippen LogP contribution in [0.5, 0.6) is 0 Å². The molecule has 1 aliphatic rings. The Morgan fingerprint density at radius 2 is 2.00 bits per heavy atom. The van der Waals surface area contributed by atoms with Crippen LogP contribution in [-0.4, -0.2) is 33.3 Å². The number of nitrogens with zero attached hydrogens (tertiary/aromatic N) is 3. The lowest BCUT2D eigenvalue weighted by molar-refractivity contribution is 0.490. The fourth-order valence-corrected chi connectivity index (χ4v) is 3.41. The predicted molar refractivity (Wildman–Crippen MR) is 95.1 cm³/mol. The average Bonchev–Trinajstić information content (AvgIpc) is 2.97. The van der Waals surface area contributed by atoms with E-state index < -0.39 is 10.1 Å². The van der Waals surface area contributed by atoms with Crippen LogP contribution in [0.1, 0.15) is 11.4 Å². The number of imidazole rings is 1. The summed E-state index contributed by atoms with van der Waals surface area (Å²) in [5, 5.41) is 2.08. The lowest BCUT2D eigenvalue weighted by atomic mass is 10.0. The van der Waals surface area contributed by atoms with Crippen molar-refractivity contribution in [3.63, 3.8) is 0 Å². The SMILES string of the molecule is CS(=O)(=O)O.Cc1ncc2n1CCc1c-2n(C)c2ccc(Cl)cc12. The number of hydrogen-bond donors (Lipinski definition) is 1. The van der Waals surface area contributed by atoms with E-state index in [1.807, 2.05) is 12.3 Å². The Morgan fingerprint density at radius 1 is 1.33 bits per heavy atom. The van der Waals surface area contributed by atoms with Crippen molar-refractivity contribution >= 4 is 32.6 Å². The van der Waals surface area contributed by atoms with Crippen LogP contribution < -0.4 is 0 Å². The van der Waals surface area contributed by atoms with Crippen molar-refractivity contribution in [1.29, 1.82) is 0 Å². The van der Waals surface area contributed by atoms with E-state index in [0.717, 1.165) is 23.8 Å². The van der Waals surface area contributed by atoms with Gasteiger partial charge in [-0.15, -0.1) is 0 Å². The van der Waals surface area contributed by atoms with Crippen molar-refractivity contribution < 1.29 is 13.0 Å². The second-order valence-electron chi connectivity index (χ2n) is 5.87. The Balaban J connectivity index is 0.000000300. The third kappa shape index (κ3) is 3.07. The monoisotopic (exact) mass is 367 g/mol. The van der Waals surface area contributed by atoms with Crippen LogP contribution >= 0.6 is 11.6 Å². The fraction of sp³-hybridized carbons (Fsp3) is 0.312. The quantitative estimate of drug-likeness (QED) is 0.619. The Hall–Kier alpha value is -1.83. The fourth-order valence-electron chi connectivity index (χ4n) is 3.24. The van der Waals surface area contributed by atoms with Crippen molar-refractivity contribution in [2.24, 2.45) is 7.05 Å². The predicted octanol–water partition coefficient (Wildman–Crippen LogP) is 3.06. The topological polar surface area (TPSA) is 77.1 Å². The minimum atomic E-state index is -3.67. The molecule has 8 heteroatoms. The number of aryl methyl sites for hydroxylation is 3. The molecule has 0 saturated carbocycles. The number of hydrogen-bond acceptors (Lipinski definition) is 3. The van der Waals surface area contributed by atoms with Gasteiger partial charge in [0.05, 0.1) is 23.8 Å². The summed E-state index contributed by atoms with van der Waals surface area (Å²) < 4.78 is 30.4. The van der Waals surface area contributed by atoms with Crippen LogP contribution in [0.15, 0.2) is 24.4 Å². The molecule has 3 heterocycles. The molecule has 1 aliphatic heterocycles. The maximum absolute atomic E-state index is 9.19. The van der Waals surface area contributed by atoms with E-state index in [0.29, 0.717) is 6.26 Å². The zero-order chi connectivity index (χ0) is 17.6. The number of benzene rings is 1. The summed E-state index contributed by atoms with van der Waals surface area (Å²) in [6, 6.07) is 6.13. The van der Waals surface area contributed by atoms with Crippen LogP contribution in [0.3, 0.4) is 0 Å². The molecule has 0 atom stereocenters. The number of halogens is 1. The minimum Gasteiger partial charge on any atom is -0.342 e. The van der Waals surface area contributed by atoms with Gasteiger partial charge in [0.15, 0.2) is 0 Å². The van der Waals surface area contributed by atoms with Gasteiger partial charge in [0.1, 0.15) is 5.82 Å². The molecule has 0 bridgehead atoms. The maximum atomic E-state index is 9.19. The van der Waals surface area contributed by atoms with Gasteiger partial charge in [-0.05, 0) is 37.1 Å². The lowest BCUT2D eigenvalue weighted by Crippen LogP contribution is -2.12.